The molecule has 5 heteroatoms. The molecule has 22 heavy (non-hydrogen) atoms. The van der Waals surface area contributed by atoms with Crippen molar-refractivity contribution in [2.45, 2.75) is 36.6 Å². The average molecular weight is 315 g/mol. The molecule has 4 nitrogen and oxygen atoms in total. The van der Waals surface area contributed by atoms with E-state index in [1.165, 1.54) is 11.3 Å². The van der Waals surface area contributed by atoms with E-state index in [0.717, 1.165) is 47.8 Å². The van der Waals surface area contributed by atoms with E-state index in [-0.39, 0.29) is 5.56 Å². The monoisotopic (exact) mass is 315 g/mol. The summed E-state index contributed by atoms with van der Waals surface area (Å²) in [5, 5.41) is 0.737. The van der Waals surface area contributed by atoms with Gasteiger partial charge in [0.05, 0.1) is 5.69 Å². The summed E-state index contributed by atoms with van der Waals surface area (Å²) in [5.74, 6) is 0.809. The molecule has 0 bridgehead atoms. The molecular formula is C17H21N3OS. The lowest BCUT2D eigenvalue weighted by Crippen LogP contribution is -2.21. The summed E-state index contributed by atoms with van der Waals surface area (Å²) in [4.78, 5) is 21.8. The first-order chi connectivity index (χ1) is 10.6. The van der Waals surface area contributed by atoms with Crippen LogP contribution < -0.4 is 10.5 Å². The van der Waals surface area contributed by atoms with Crippen molar-refractivity contribution < 1.29 is 0 Å². The van der Waals surface area contributed by atoms with E-state index < -0.39 is 0 Å². The molecule has 0 aliphatic heterocycles. The molecule has 0 saturated carbocycles. The van der Waals surface area contributed by atoms with Gasteiger partial charge < -0.3 is 9.88 Å². The third-order valence-electron chi connectivity index (χ3n) is 3.97. The molecule has 0 atom stereocenters. The minimum Gasteiger partial charge on any atom is -0.378 e. The SMILES string of the molecule is CN(C)c1cccc(CSc2nc3c(c(=O)[nH]2)CCCC3)c1. The number of aryl methyl sites for hydroxylation is 1. The molecule has 1 N–H and O–H groups in total. The molecule has 1 aromatic carbocycles. The molecule has 0 saturated heterocycles. The number of H-pyrrole nitrogens is 1. The van der Waals surface area contributed by atoms with Crippen LogP contribution in [0.15, 0.2) is 34.2 Å². The van der Waals surface area contributed by atoms with Gasteiger partial charge in [-0.15, -0.1) is 0 Å². The van der Waals surface area contributed by atoms with Crippen LogP contribution in [0.4, 0.5) is 5.69 Å². The highest BCUT2D eigenvalue weighted by atomic mass is 32.2. The highest BCUT2D eigenvalue weighted by Gasteiger charge is 2.15. The van der Waals surface area contributed by atoms with Crippen molar-refractivity contribution >= 4 is 17.4 Å². The number of aromatic nitrogens is 2. The first-order valence-corrected chi connectivity index (χ1v) is 8.63. The second-order valence-electron chi connectivity index (χ2n) is 5.86. The van der Waals surface area contributed by atoms with Gasteiger partial charge in [-0.05, 0) is 43.4 Å². The Morgan fingerprint density at radius 1 is 1.27 bits per heavy atom. The zero-order valence-corrected chi connectivity index (χ0v) is 13.9. The largest absolute Gasteiger partial charge is 0.378 e. The standard InChI is InChI=1S/C17H21N3OS/c1-20(2)13-7-5-6-12(10-13)11-22-17-18-15-9-4-3-8-14(15)16(21)19-17/h5-7,10H,3-4,8-9,11H2,1-2H3,(H,18,19,21). The number of thioether (sulfide) groups is 1. The third kappa shape index (κ3) is 3.35. The summed E-state index contributed by atoms with van der Waals surface area (Å²) >= 11 is 1.60. The molecule has 0 amide bonds. The van der Waals surface area contributed by atoms with Crippen LogP contribution in [0.1, 0.15) is 29.7 Å². The van der Waals surface area contributed by atoms with Crippen LogP contribution >= 0.6 is 11.8 Å². The van der Waals surface area contributed by atoms with Gasteiger partial charge in [-0.3, -0.25) is 4.79 Å². The lowest BCUT2D eigenvalue weighted by atomic mass is 9.97. The van der Waals surface area contributed by atoms with Gasteiger partial charge in [0.2, 0.25) is 0 Å². The van der Waals surface area contributed by atoms with Crippen LogP contribution in [-0.4, -0.2) is 24.1 Å². The minimum absolute atomic E-state index is 0.0502. The van der Waals surface area contributed by atoms with Crippen molar-refractivity contribution in [3.8, 4) is 0 Å². The van der Waals surface area contributed by atoms with Crippen molar-refractivity contribution in [3.05, 3.63) is 51.4 Å². The van der Waals surface area contributed by atoms with E-state index in [1.807, 2.05) is 14.1 Å². The number of anilines is 1. The van der Waals surface area contributed by atoms with Crippen LogP contribution in [-0.2, 0) is 18.6 Å². The third-order valence-corrected chi connectivity index (χ3v) is 4.92. The highest BCUT2D eigenvalue weighted by molar-refractivity contribution is 7.98. The smallest absolute Gasteiger partial charge is 0.254 e. The van der Waals surface area contributed by atoms with Crippen LogP contribution in [0, 0.1) is 0 Å². The number of hydrogen-bond acceptors (Lipinski definition) is 4. The normalized spacial score (nSPS) is 13.7. The number of rotatable bonds is 4. The first kappa shape index (κ1) is 15.2. The predicted molar refractivity (Wildman–Crippen MR) is 91.8 cm³/mol. The van der Waals surface area contributed by atoms with Crippen LogP contribution in [0.25, 0.3) is 0 Å². The van der Waals surface area contributed by atoms with Crippen LogP contribution in [0.5, 0.6) is 0 Å². The molecule has 1 heterocycles. The minimum atomic E-state index is 0.0502. The maximum Gasteiger partial charge on any atom is 0.254 e. The lowest BCUT2D eigenvalue weighted by Gasteiger charge is -2.15. The fraction of sp³-hybridized carbons (Fsp3) is 0.412. The summed E-state index contributed by atoms with van der Waals surface area (Å²) in [6, 6.07) is 8.43. The molecule has 2 aromatic rings. The second kappa shape index (κ2) is 6.57. The zero-order chi connectivity index (χ0) is 15.5. The number of aromatic amines is 1. The highest BCUT2D eigenvalue weighted by Crippen LogP contribution is 2.23. The topological polar surface area (TPSA) is 49.0 Å². The van der Waals surface area contributed by atoms with Crippen molar-refractivity contribution in [1.29, 1.82) is 0 Å². The predicted octanol–water partition coefficient (Wildman–Crippen LogP) is 3.01. The van der Waals surface area contributed by atoms with Crippen molar-refractivity contribution in [2.24, 2.45) is 0 Å². The number of fused-ring (bicyclic) bond motifs is 1. The number of benzene rings is 1. The van der Waals surface area contributed by atoms with Crippen molar-refractivity contribution in [3.63, 3.8) is 0 Å². The Hall–Kier alpha value is -1.75. The van der Waals surface area contributed by atoms with E-state index in [4.69, 9.17) is 0 Å². The summed E-state index contributed by atoms with van der Waals surface area (Å²) in [5.41, 5.74) is 4.36. The Bertz CT molecular complexity index is 724. The van der Waals surface area contributed by atoms with E-state index >= 15 is 0 Å². The summed E-state index contributed by atoms with van der Waals surface area (Å²) in [7, 11) is 4.07. The average Bonchev–Trinajstić information content (AvgIpc) is 2.53. The number of hydrogen-bond donors (Lipinski definition) is 1. The molecule has 1 aliphatic rings. The second-order valence-corrected chi connectivity index (χ2v) is 6.82. The molecule has 0 unspecified atom stereocenters. The Morgan fingerprint density at radius 2 is 2.09 bits per heavy atom. The van der Waals surface area contributed by atoms with Crippen LogP contribution in [0.3, 0.4) is 0 Å². The molecule has 1 aliphatic carbocycles. The van der Waals surface area contributed by atoms with Gasteiger partial charge in [0, 0.05) is 31.1 Å². The van der Waals surface area contributed by atoms with Gasteiger partial charge in [0.25, 0.3) is 5.56 Å². The van der Waals surface area contributed by atoms with Gasteiger partial charge in [0.15, 0.2) is 5.16 Å². The van der Waals surface area contributed by atoms with E-state index in [1.54, 1.807) is 11.8 Å². The molecule has 3 rings (SSSR count). The van der Waals surface area contributed by atoms with Gasteiger partial charge in [0.1, 0.15) is 0 Å². The molecule has 116 valence electrons. The Balaban J connectivity index is 1.75. The fourth-order valence-corrected chi connectivity index (χ4v) is 3.55. The van der Waals surface area contributed by atoms with Gasteiger partial charge in [-0.25, -0.2) is 4.98 Å². The Morgan fingerprint density at radius 3 is 2.91 bits per heavy atom. The summed E-state index contributed by atoms with van der Waals surface area (Å²) in [6.45, 7) is 0. The summed E-state index contributed by atoms with van der Waals surface area (Å²) in [6.07, 6.45) is 4.04. The van der Waals surface area contributed by atoms with E-state index in [0.29, 0.717) is 0 Å². The molecular weight excluding hydrogens is 294 g/mol. The lowest BCUT2D eigenvalue weighted by molar-refractivity contribution is 0.641. The zero-order valence-electron chi connectivity index (χ0n) is 13.1. The van der Waals surface area contributed by atoms with Gasteiger partial charge in [-0.2, -0.15) is 0 Å². The van der Waals surface area contributed by atoms with E-state index in [2.05, 4.69) is 39.1 Å². The first-order valence-electron chi connectivity index (χ1n) is 7.64. The van der Waals surface area contributed by atoms with Crippen LogP contribution in [0.2, 0.25) is 0 Å². The molecule has 0 spiro atoms. The van der Waals surface area contributed by atoms with E-state index in [9.17, 15) is 4.79 Å². The van der Waals surface area contributed by atoms with Crippen molar-refractivity contribution in [2.75, 3.05) is 19.0 Å². The number of nitrogens with one attached hydrogen (secondary N) is 1. The van der Waals surface area contributed by atoms with Gasteiger partial charge >= 0.3 is 0 Å². The molecule has 0 fully saturated rings. The molecule has 0 radical (unpaired) electrons. The maximum atomic E-state index is 12.1. The Kier molecular flexibility index (Phi) is 4.52. The number of nitrogens with zero attached hydrogens (tertiary/aromatic N) is 2. The van der Waals surface area contributed by atoms with Gasteiger partial charge in [-0.1, -0.05) is 23.9 Å². The quantitative estimate of drug-likeness (QED) is 0.696. The maximum absolute atomic E-state index is 12.1. The fourth-order valence-electron chi connectivity index (χ4n) is 2.72. The van der Waals surface area contributed by atoms with Crippen molar-refractivity contribution in [1.82, 2.24) is 9.97 Å². The molecule has 1 aromatic heterocycles. The Labute approximate surface area is 135 Å². The summed E-state index contributed by atoms with van der Waals surface area (Å²) < 4.78 is 0.